The molecule has 0 atom stereocenters. The molecule has 0 amide bonds. The largest absolute Gasteiger partial charge is 0.416 e. The zero-order valence-corrected chi connectivity index (χ0v) is 23.1. The molecule has 1 aromatic heterocycles. The number of nitrogens with zero attached hydrogens (tertiary/aromatic N) is 2. The molecule has 2 aliphatic rings. The Kier molecular flexibility index (Phi) is 8.30. The summed E-state index contributed by atoms with van der Waals surface area (Å²) in [4.78, 5) is 2.43. The summed E-state index contributed by atoms with van der Waals surface area (Å²) in [6.07, 6.45) is -1.27. The lowest BCUT2D eigenvalue weighted by Crippen LogP contribution is -2.29. The van der Waals surface area contributed by atoms with Gasteiger partial charge in [0.05, 0.1) is 11.1 Å². The van der Waals surface area contributed by atoms with Gasteiger partial charge in [0.25, 0.3) is 0 Å². The van der Waals surface area contributed by atoms with Crippen LogP contribution in [0.3, 0.4) is 0 Å². The van der Waals surface area contributed by atoms with Crippen molar-refractivity contribution < 1.29 is 30.9 Å². The zero-order valence-electron chi connectivity index (χ0n) is 23.1. The predicted molar refractivity (Wildman–Crippen MR) is 146 cm³/mol. The van der Waals surface area contributed by atoms with E-state index in [0.29, 0.717) is 23.7 Å². The minimum absolute atomic E-state index is 0.0674. The highest BCUT2D eigenvalue weighted by atomic mass is 19.4. The smallest absolute Gasteiger partial charge is 0.381 e. The van der Waals surface area contributed by atoms with Crippen molar-refractivity contribution in [2.45, 2.75) is 83.5 Å². The molecule has 0 spiro atoms. The topological polar surface area (TPSA) is 55.3 Å². The van der Waals surface area contributed by atoms with Gasteiger partial charge in [0.15, 0.2) is 5.82 Å². The molecule has 4 nitrogen and oxygen atoms in total. The number of rotatable bonds is 9. The molecule has 2 aliphatic carbocycles. The maximum atomic E-state index is 13.3. The van der Waals surface area contributed by atoms with E-state index in [1.54, 1.807) is 0 Å². The van der Waals surface area contributed by atoms with Crippen LogP contribution in [0.4, 0.5) is 37.8 Å². The third-order valence-electron chi connectivity index (χ3n) is 8.52. The fourth-order valence-electron chi connectivity index (χ4n) is 6.36. The maximum Gasteiger partial charge on any atom is 0.416 e. The van der Waals surface area contributed by atoms with E-state index in [1.165, 1.54) is 36.8 Å². The van der Waals surface area contributed by atoms with Crippen molar-refractivity contribution >= 4 is 11.5 Å². The van der Waals surface area contributed by atoms with Gasteiger partial charge in [0.1, 0.15) is 5.76 Å². The van der Waals surface area contributed by atoms with Gasteiger partial charge in [0, 0.05) is 37.2 Å². The number of benzene rings is 2. The van der Waals surface area contributed by atoms with Gasteiger partial charge in [-0.1, -0.05) is 24.1 Å². The SMILES string of the molecule is CCN(CC1CCCC1)c1cc2c(cc1Cc1c(N)noc1CCc1cc(C(F)(F)F)cc(C(F)(F)F)c1)CCC2. The van der Waals surface area contributed by atoms with E-state index in [0.717, 1.165) is 55.7 Å². The Morgan fingerprint density at radius 1 is 0.878 bits per heavy atom. The molecule has 0 saturated heterocycles. The Labute approximate surface area is 235 Å². The van der Waals surface area contributed by atoms with Crippen LogP contribution in [0.15, 0.2) is 34.9 Å². The fraction of sp³-hybridized carbons (Fsp3) is 0.516. The molecule has 10 heteroatoms. The Morgan fingerprint density at radius 3 is 2.12 bits per heavy atom. The Morgan fingerprint density at radius 2 is 1.51 bits per heavy atom. The van der Waals surface area contributed by atoms with Crippen LogP contribution in [0, 0.1) is 5.92 Å². The molecule has 0 radical (unpaired) electrons. The second-order valence-electron chi connectivity index (χ2n) is 11.4. The number of nitrogen functional groups attached to an aromatic ring is 1. The van der Waals surface area contributed by atoms with Gasteiger partial charge in [-0.25, -0.2) is 0 Å². The van der Waals surface area contributed by atoms with Crippen molar-refractivity contribution in [2.75, 3.05) is 23.7 Å². The number of halogens is 6. The third kappa shape index (κ3) is 6.67. The molecule has 0 aliphatic heterocycles. The number of anilines is 2. The van der Waals surface area contributed by atoms with Gasteiger partial charge in [-0.3, -0.25) is 0 Å². The lowest BCUT2D eigenvalue weighted by molar-refractivity contribution is -0.143. The van der Waals surface area contributed by atoms with Crippen LogP contribution in [0.1, 0.15) is 83.7 Å². The highest BCUT2D eigenvalue weighted by Crippen LogP contribution is 2.38. The van der Waals surface area contributed by atoms with Crippen LogP contribution in [-0.4, -0.2) is 18.2 Å². The molecule has 3 aromatic rings. The first kappa shape index (κ1) is 29.3. The Hall–Kier alpha value is -3.17. The Balaban J connectivity index is 1.42. The zero-order chi connectivity index (χ0) is 29.4. The molecule has 41 heavy (non-hydrogen) atoms. The van der Waals surface area contributed by atoms with Crippen molar-refractivity contribution in [1.82, 2.24) is 5.16 Å². The molecule has 1 heterocycles. The number of aromatic nitrogens is 1. The molecule has 5 rings (SSSR count). The van der Waals surface area contributed by atoms with Crippen LogP contribution in [0.25, 0.3) is 0 Å². The summed E-state index contributed by atoms with van der Waals surface area (Å²) in [5, 5.41) is 3.92. The van der Waals surface area contributed by atoms with E-state index in [4.69, 9.17) is 10.3 Å². The second kappa shape index (κ2) is 11.6. The molecular formula is C31H35F6N3O. The average molecular weight is 580 g/mol. The Bertz CT molecular complexity index is 1340. The first-order chi connectivity index (χ1) is 19.4. The van der Waals surface area contributed by atoms with E-state index in [2.05, 4.69) is 29.1 Å². The minimum atomic E-state index is -4.90. The normalized spacial score (nSPS) is 16.0. The highest BCUT2D eigenvalue weighted by molar-refractivity contribution is 5.61. The maximum absolute atomic E-state index is 13.3. The van der Waals surface area contributed by atoms with E-state index < -0.39 is 23.5 Å². The van der Waals surface area contributed by atoms with Gasteiger partial charge >= 0.3 is 12.4 Å². The second-order valence-corrected chi connectivity index (χ2v) is 11.4. The first-order valence-corrected chi connectivity index (χ1v) is 14.3. The predicted octanol–water partition coefficient (Wildman–Crippen LogP) is 8.18. The molecule has 1 fully saturated rings. The summed E-state index contributed by atoms with van der Waals surface area (Å²) in [5.41, 5.74) is 9.00. The molecule has 1 saturated carbocycles. The minimum Gasteiger partial charge on any atom is -0.381 e. The number of hydrogen-bond acceptors (Lipinski definition) is 4. The fourth-order valence-corrected chi connectivity index (χ4v) is 6.36. The van der Waals surface area contributed by atoms with E-state index >= 15 is 0 Å². The van der Waals surface area contributed by atoms with Gasteiger partial charge in [-0.05, 0) is 97.9 Å². The monoisotopic (exact) mass is 579 g/mol. The number of aryl methyl sites for hydroxylation is 4. The molecular weight excluding hydrogens is 544 g/mol. The summed E-state index contributed by atoms with van der Waals surface area (Å²) in [5.74, 6) is 1.21. The lowest BCUT2D eigenvalue weighted by Gasteiger charge is -2.29. The van der Waals surface area contributed by atoms with Gasteiger partial charge in [-0.15, -0.1) is 0 Å². The summed E-state index contributed by atoms with van der Waals surface area (Å²) in [6, 6.07) is 6.18. The summed E-state index contributed by atoms with van der Waals surface area (Å²) in [6.45, 7) is 3.98. The number of fused-ring (bicyclic) bond motifs is 1. The number of alkyl halides is 6. The molecule has 0 unspecified atom stereocenters. The number of hydrogen-bond donors (Lipinski definition) is 1. The molecule has 0 bridgehead atoms. The first-order valence-electron chi connectivity index (χ1n) is 14.3. The van der Waals surface area contributed by atoms with Crippen molar-refractivity contribution in [3.8, 4) is 0 Å². The highest BCUT2D eigenvalue weighted by Gasteiger charge is 2.37. The van der Waals surface area contributed by atoms with Crippen LogP contribution < -0.4 is 10.6 Å². The summed E-state index contributed by atoms with van der Waals surface area (Å²) >= 11 is 0. The summed E-state index contributed by atoms with van der Waals surface area (Å²) in [7, 11) is 0. The number of nitrogens with two attached hydrogens (primary N) is 1. The standard InChI is InChI=1S/C31H35F6N3O/c1-2-40(18-19-6-3-4-7-19)27-16-22-9-5-8-21(22)14-23(27)15-26-28(41-39-29(26)38)11-10-20-12-24(30(32,33)34)17-25(13-20)31(35,36)37/h12-14,16-17,19H,2-11,15,18H2,1H3,(H2,38,39). The van der Waals surface area contributed by atoms with Crippen LogP contribution in [0.5, 0.6) is 0 Å². The third-order valence-corrected chi connectivity index (χ3v) is 8.52. The van der Waals surface area contributed by atoms with Gasteiger partial charge in [-0.2, -0.15) is 26.3 Å². The average Bonchev–Trinajstić information content (AvgIpc) is 3.67. The van der Waals surface area contributed by atoms with Crippen molar-refractivity contribution in [3.63, 3.8) is 0 Å². The molecule has 2 N–H and O–H groups in total. The van der Waals surface area contributed by atoms with E-state index in [-0.39, 0.29) is 30.3 Å². The summed E-state index contributed by atoms with van der Waals surface area (Å²) < 4.78 is 85.6. The van der Waals surface area contributed by atoms with E-state index in [9.17, 15) is 26.3 Å². The van der Waals surface area contributed by atoms with Crippen molar-refractivity contribution in [3.05, 3.63) is 75.0 Å². The van der Waals surface area contributed by atoms with Crippen LogP contribution >= 0.6 is 0 Å². The van der Waals surface area contributed by atoms with Crippen LogP contribution in [0.2, 0.25) is 0 Å². The van der Waals surface area contributed by atoms with Gasteiger partial charge in [0.2, 0.25) is 0 Å². The molecule has 2 aromatic carbocycles. The van der Waals surface area contributed by atoms with Crippen LogP contribution in [-0.2, 0) is 44.5 Å². The van der Waals surface area contributed by atoms with Crippen molar-refractivity contribution in [1.29, 1.82) is 0 Å². The van der Waals surface area contributed by atoms with E-state index in [1.807, 2.05) is 0 Å². The molecule has 222 valence electrons. The lowest BCUT2D eigenvalue weighted by atomic mass is 9.95. The van der Waals surface area contributed by atoms with Gasteiger partial charge < -0.3 is 15.2 Å². The van der Waals surface area contributed by atoms with Crippen molar-refractivity contribution in [2.24, 2.45) is 5.92 Å². The quantitative estimate of drug-likeness (QED) is 0.260.